The minimum Gasteiger partial charge on any atom is -0.304 e. The van der Waals surface area contributed by atoms with E-state index in [0.29, 0.717) is 0 Å². The van der Waals surface area contributed by atoms with Gasteiger partial charge in [0, 0.05) is 26.2 Å². The fourth-order valence-corrected chi connectivity index (χ4v) is 4.09. The summed E-state index contributed by atoms with van der Waals surface area (Å²) in [5.74, 6) is 0. The van der Waals surface area contributed by atoms with Crippen molar-refractivity contribution in [3.63, 3.8) is 0 Å². The molecule has 2 aliphatic rings. The highest BCUT2D eigenvalue weighted by atomic mass is 15.3. The highest BCUT2D eigenvalue weighted by molar-refractivity contribution is 5.48. The van der Waals surface area contributed by atoms with Crippen LogP contribution in [0.5, 0.6) is 0 Å². The van der Waals surface area contributed by atoms with E-state index in [1.165, 1.54) is 22.3 Å². The van der Waals surface area contributed by atoms with Gasteiger partial charge in [-0.05, 0) is 54.3 Å². The Balaban J connectivity index is 1.84. The summed E-state index contributed by atoms with van der Waals surface area (Å²) in [5.41, 5.74) is 6.39. The van der Waals surface area contributed by atoms with Gasteiger partial charge in [0.25, 0.3) is 0 Å². The quantitative estimate of drug-likeness (QED) is 0.810. The molecule has 1 atom stereocenters. The lowest BCUT2D eigenvalue weighted by Gasteiger charge is -2.39. The standard InChI is InChI=1S/C21H23N3/c1-23-10-12-24(13-11-23)21-19-5-3-2-4-17(19)8-9-18-7-6-16(15-22)14-20(18)21/h2-7,14,21H,8-13H2,1H3. The predicted molar refractivity (Wildman–Crippen MR) is 95.9 cm³/mol. The lowest BCUT2D eigenvalue weighted by atomic mass is 9.91. The van der Waals surface area contributed by atoms with Crippen LogP contribution in [-0.4, -0.2) is 43.0 Å². The topological polar surface area (TPSA) is 30.3 Å². The second-order valence-corrected chi connectivity index (χ2v) is 6.97. The summed E-state index contributed by atoms with van der Waals surface area (Å²) >= 11 is 0. The van der Waals surface area contributed by atoms with Crippen LogP contribution < -0.4 is 0 Å². The smallest absolute Gasteiger partial charge is 0.0991 e. The third-order valence-corrected chi connectivity index (χ3v) is 5.49. The van der Waals surface area contributed by atoms with Gasteiger partial charge >= 0.3 is 0 Å². The number of nitrogens with zero attached hydrogens (tertiary/aromatic N) is 3. The van der Waals surface area contributed by atoms with Crippen molar-refractivity contribution in [2.24, 2.45) is 0 Å². The van der Waals surface area contributed by atoms with Crippen LogP contribution >= 0.6 is 0 Å². The molecule has 1 saturated heterocycles. The summed E-state index contributed by atoms with van der Waals surface area (Å²) in [5, 5.41) is 9.37. The van der Waals surface area contributed by atoms with E-state index in [4.69, 9.17) is 0 Å². The first kappa shape index (κ1) is 15.4. The minimum absolute atomic E-state index is 0.278. The first-order valence-electron chi connectivity index (χ1n) is 8.79. The van der Waals surface area contributed by atoms with Gasteiger partial charge in [-0.2, -0.15) is 5.26 Å². The molecular formula is C21H23N3. The van der Waals surface area contributed by atoms with Gasteiger partial charge < -0.3 is 4.90 Å². The number of hydrogen-bond donors (Lipinski definition) is 0. The fourth-order valence-electron chi connectivity index (χ4n) is 4.09. The Morgan fingerprint density at radius 1 is 0.917 bits per heavy atom. The van der Waals surface area contributed by atoms with E-state index < -0.39 is 0 Å². The van der Waals surface area contributed by atoms with E-state index in [9.17, 15) is 5.26 Å². The van der Waals surface area contributed by atoms with E-state index in [2.05, 4.69) is 59.3 Å². The van der Waals surface area contributed by atoms with Crippen molar-refractivity contribution in [3.05, 3.63) is 70.3 Å². The number of rotatable bonds is 1. The number of hydrogen-bond acceptors (Lipinski definition) is 3. The molecular weight excluding hydrogens is 294 g/mol. The van der Waals surface area contributed by atoms with Crippen molar-refractivity contribution in [2.75, 3.05) is 33.2 Å². The molecule has 2 aromatic carbocycles. The second-order valence-electron chi connectivity index (χ2n) is 6.97. The number of aryl methyl sites for hydroxylation is 2. The molecule has 0 saturated carbocycles. The molecule has 1 aliphatic heterocycles. The van der Waals surface area contributed by atoms with Crippen molar-refractivity contribution >= 4 is 0 Å². The molecule has 0 spiro atoms. The molecule has 2 aromatic rings. The Bertz CT molecular complexity index is 782. The summed E-state index contributed by atoms with van der Waals surface area (Å²) in [7, 11) is 2.19. The van der Waals surface area contributed by atoms with E-state index in [0.717, 1.165) is 44.6 Å². The normalized spacial score (nSPS) is 21.4. The van der Waals surface area contributed by atoms with Crippen molar-refractivity contribution < 1.29 is 0 Å². The molecule has 4 rings (SSSR count). The second kappa shape index (κ2) is 6.39. The van der Waals surface area contributed by atoms with E-state index in [-0.39, 0.29) is 6.04 Å². The van der Waals surface area contributed by atoms with Gasteiger partial charge in [0.05, 0.1) is 17.7 Å². The summed E-state index contributed by atoms with van der Waals surface area (Å²) in [6.07, 6.45) is 2.14. The molecule has 0 bridgehead atoms. The molecule has 0 aromatic heterocycles. The number of nitriles is 1. The van der Waals surface area contributed by atoms with Crippen LogP contribution in [0.15, 0.2) is 42.5 Å². The summed E-state index contributed by atoms with van der Waals surface area (Å²) < 4.78 is 0. The molecule has 1 aliphatic carbocycles. The molecule has 0 amide bonds. The Kier molecular flexibility index (Phi) is 4.10. The Morgan fingerprint density at radius 3 is 2.38 bits per heavy atom. The summed E-state index contributed by atoms with van der Waals surface area (Å²) in [6.45, 7) is 4.36. The van der Waals surface area contributed by atoms with E-state index >= 15 is 0 Å². The predicted octanol–water partition coefficient (Wildman–Crippen LogP) is 2.99. The highest BCUT2D eigenvalue weighted by Gasteiger charge is 2.30. The van der Waals surface area contributed by atoms with Crippen molar-refractivity contribution in [3.8, 4) is 6.07 Å². The van der Waals surface area contributed by atoms with Crippen LogP contribution in [0.4, 0.5) is 0 Å². The third kappa shape index (κ3) is 2.73. The average Bonchev–Trinajstić information content (AvgIpc) is 2.79. The lowest BCUT2D eigenvalue weighted by molar-refractivity contribution is 0.127. The van der Waals surface area contributed by atoms with Crippen LogP contribution in [0, 0.1) is 11.3 Å². The zero-order chi connectivity index (χ0) is 16.5. The number of fused-ring (bicyclic) bond motifs is 2. The van der Waals surface area contributed by atoms with Gasteiger partial charge in [-0.3, -0.25) is 4.90 Å². The SMILES string of the molecule is CN1CCN(C2c3ccccc3CCc3ccc(C#N)cc32)CC1. The van der Waals surface area contributed by atoms with Crippen molar-refractivity contribution in [1.29, 1.82) is 5.26 Å². The van der Waals surface area contributed by atoms with Crippen LogP contribution in [0.25, 0.3) is 0 Å². The third-order valence-electron chi connectivity index (χ3n) is 5.49. The van der Waals surface area contributed by atoms with Gasteiger partial charge in [-0.25, -0.2) is 0 Å². The molecule has 3 heteroatoms. The van der Waals surface area contributed by atoms with Gasteiger partial charge in [0.2, 0.25) is 0 Å². The van der Waals surface area contributed by atoms with Crippen LogP contribution in [0.3, 0.4) is 0 Å². The van der Waals surface area contributed by atoms with Crippen molar-refractivity contribution in [2.45, 2.75) is 18.9 Å². The van der Waals surface area contributed by atoms with Crippen LogP contribution in [0.2, 0.25) is 0 Å². The van der Waals surface area contributed by atoms with Crippen molar-refractivity contribution in [1.82, 2.24) is 9.80 Å². The molecule has 122 valence electrons. The van der Waals surface area contributed by atoms with Gasteiger partial charge in [0.15, 0.2) is 0 Å². The maximum atomic E-state index is 9.37. The van der Waals surface area contributed by atoms with Gasteiger partial charge in [0.1, 0.15) is 0 Å². The Labute approximate surface area is 144 Å². The molecule has 0 radical (unpaired) electrons. The molecule has 3 nitrogen and oxygen atoms in total. The Hall–Kier alpha value is -2.15. The first-order valence-corrected chi connectivity index (χ1v) is 8.79. The maximum absolute atomic E-state index is 9.37. The number of benzene rings is 2. The largest absolute Gasteiger partial charge is 0.304 e. The van der Waals surface area contributed by atoms with Crippen LogP contribution in [-0.2, 0) is 12.8 Å². The lowest BCUT2D eigenvalue weighted by Crippen LogP contribution is -2.46. The number of likely N-dealkylation sites (N-methyl/N-ethyl adjacent to an activating group) is 1. The van der Waals surface area contributed by atoms with Crippen LogP contribution in [0.1, 0.15) is 33.9 Å². The highest BCUT2D eigenvalue weighted by Crippen LogP contribution is 2.37. The molecule has 1 unspecified atom stereocenters. The van der Waals surface area contributed by atoms with Gasteiger partial charge in [-0.1, -0.05) is 30.3 Å². The first-order chi connectivity index (χ1) is 11.8. The van der Waals surface area contributed by atoms with E-state index in [1.54, 1.807) is 0 Å². The molecule has 1 heterocycles. The zero-order valence-corrected chi connectivity index (χ0v) is 14.2. The summed E-state index contributed by atoms with van der Waals surface area (Å²) in [4.78, 5) is 5.00. The molecule has 1 fully saturated rings. The van der Waals surface area contributed by atoms with Gasteiger partial charge in [-0.15, -0.1) is 0 Å². The fraction of sp³-hybridized carbons (Fsp3) is 0.381. The maximum Gasteiger partial charge on any atom is 0.0991 e. The monoisotopic (exact) mass is 317 g/mol. The summed E-state index contributed by atoms with van der Waals surface area (Å²) in [6, 6.07) is 17.7. The molecule has 0 N–H and O–H groups in total. The number of piperazine rings is 1. The molecule has 24 heavy (non-hydrogen) atoms. The Morgan fingerprint density at radius 2 is 1.62 bits per heavy atom. The minimum atomic E-state index is 0.278. The zero-order valence-electron chi connectivity index (χ0n) is 14.2. The van der Waals surface area contributed by atoms with E-state index in [1.807, 2.05) is 6.07 Å². The average molecular weight is 317 g/mol.